The number of rotatable bonds is 6. The highest BCUT2D eigenvalue weighted by Gasteiger charge is 2.00. The Bertz CT molecular complexity index is 459. The molecule has 1 heterocycles. The van der Waals surface area contributed by atoms with Gasteiger partial charge >= 0.3 is 0 Å². The predicted octanol–water partition coefficient (Wildman–Crippen LogP) is 3.56. The molecule has 0 spiro atoms. The molecule has 0 unspecified atom stereocenters. The third kappa shape index (κ3) is 4.04. The molecule has 0 aliphatic heterocycles. The van der Waals surface area contributed by atoms with E-state index < -0.39 is 0 Å². The van der Waals surface area contributed by atoms with Gasteiger partial charge in [0, 0.05) is 11.8 Å². The van der Waals surface area contributed by atoms with Gasteiger partial charge in [0.25, 0.3) is 0 Å². The number of benzene rings is 1. The number of aromatic nitrogens is 2. The molecule has 0 N–H and O–H groups in total. The van der Waals surface area contributed by atoms with Gasteiger partial charge in [-0.3, -0.25) is 0 Å². The van der Waals surface area contributed by atoms with Crippen LogP contribution in [0.1, 0.15) is 18.9 Å². The van der Waals surface area contributed by atoms with E-state index in [4.69, 9.17) is 4.74 Å². The summed E-state index contributed by atoms with van der Waals surface area (Å²) in [5.41, 5.74) is 1.29. The molecule has 0 aliphatic carbocycles. The molecule has 0 atom stereocenters. The lowest BCUT2D eigenvalue weighted by Crippen LogP contribution is -1.98. The van der Waals surface area contributed by atoms with Crippen molar-refractivity contribution in [1.82, 2.24) is 10.2 Å². The summed E-state index contributed by atoms with van der Waals surface area (Å²) in [4.78, 5) is 0. The predicted molar refractivity (Wildman–Crippen MR) is 73.8 cm³/mol. The summed E-state index contributed by atoms with van der Waals surface area (Å²) in [6.07, 6.45) is 0.978. The van der Waals surface area contributed by atoms with Crippen LogP contribution in [-0.4, -0.2) is 16.8 Å². The summed E-state index contributed by atoms with van der Waals surface area (Å²) in [5.74, 6) is 1.51. The second-order valence-electron chi connectivity index (χ2n) is 3.83. The number of nitrogens with zero attached hydrogens (tertiary/aromatic N) is 2. The van der Waals surface area contributed by atoms with E-state index >= 15 is 0 Å². The molecular formula is C14H16N2OS. The maximum atomic E-state index is 5.39. The fourth-order valence-electron chi connectivity index (χ4n) is 1.40. The van der Waals surface area contributed by atoms with Crippen molar-refractivity contribution in [2.75, 3.05) is 6.61 Å². The molecule has 18 heavy (non-hydrogen) atoms. The van der Waals surface area contributed by atoms with E-state index in [0.29, 0.717) is 12.5 Å². The number of ether oxygens (including phenoxy) is 1. The fourth-order valence-corrected chi connectivity index (χ4v) is 2.17. The summed E-state index contributed by atoms with van der Waals surface area (Å²) in [6, 6.07) is 14.2. The summed E-state index contributed by atoms with van der Waals surface area (Å²) in [7, 11) is 0. The first-order valence-electron chi connectivity index (χ1n) is 6.01. The molecule has 1 aromatic carbocycles. The zero-order valence-electron chi connectivity index (χ0n) is 10.4. The first kappa shape index (κ1) is 12.9. The van der Waals surface area contributed by atoms with Crippen molar-refractivity contribution < 1.29 is 4.74 Å². The molecule has 0 saturated carbocycles. The third-order valence-electron chi connectivity index (χ3n) is 2.30. The number of hydrogen-bond donors (Lipinski definition) is 0. The molecule has 4 heteroatoms. The molecule has 0 fully saturated rings. The van der Waals surface area contributed by atoms with Crippen LogP contribution in [0.15, 0.2) is 47.5 Å². The summed E-state index contributed by atoms with van der Waals surface area (Å²) in [6.45, 7) is 2.75. The van der Waals surface area contributed by atoms with Crippen LogP contribution in [0, 0.1) is 0 Å². The van der Waals surface area contributed by atoms with E-state index in [1.807, 2.05) is 30.3 Å². The Labute approximate surface area is 112 Å². The Morgan fingerprint density at radius 2 is 1.89 bits per heavy atom. The normalized spacial score (nSPS) is 10.3. The van der Waals surface area contributed by atoms with Crippen molar-refractivity contribution in [2.24, 2.45) is 0 Å². The highest BCUT2D eigenvalue weighted by Crippen LogP contribution is 2.20. The minimum atomic E-state index is 0.598. The largest absolute Gasteiger partial charge is 0.477 e. The highest BCUT2D eigenvalue weighted by molar-refractivity contribution is 7.98. The molecule has 0 bridgehead atoms. The molecule has 0 aliphatic rings. The van der Waals surface area contributed by atoms with Crippen molar-refractivity contribution in [3.05, 3.63) is 48.0 Å². The van der Waals surface area contributed by atoms with Crippen molar-refractivity contribution in [2.45, 2.75) is 24.1 Å². The van der Waals surface area contributed by atoms with Crippen molar-refractivity contribution in [1.29, 1.82) is 0 Å². The van der Waals surface area contributed by atoms with Gasteiger partial charge in [0.1, 0.15) is 5.03 Å². The molecular weight excluding hydrogens is 244 g/mol. The molecule has 94 valence electrons. The Hall–Kier alpha value is -1.55. The van der Waals surface area contributed by atoms with Gasteiger partial charge in [0.05, 0.1) is 6.61 Å². The average molecular weight is 260 g/mol. The summed E-state index contributed by atoms with van der Waals surface area (Å²) in [5, 5.41) is 9.09. The standard InChI is InChI=1S/C14H16N2OS/c1-2-10-17-13-8-9-14(16-15-13)18-11-12-6-4-3-5-7-12/h3-9H,2,10-11H2,1H3. The first-order valence-corrected chi connectivity index (χ1v) is 7.00. The second-order valence-corrected chi connectivity index (χ2v) is 4.83. The zero-order valence-corrected chi connectivity index (χ0v) is 11.2. The van der Waals surface area contributed by atoms with E-state index in [1.165, 1.54) is 5.56 Å². The van der Waals surface area contributed by atoms with Gasteiger partial charge in [-0.1, -0.05) is 49.0 Å². The van der Waals surface area contributed by atoms with E-state index in [2.05, 4.69) is 29.3 Å². The lowest BCUT2D eigenvalue weighted by atomic mass is 10.2. The number of thioether (sulfide) groups is 1. The highest BCUT2D eigenvalue weighted by atomic mass is 32.2. The second kappa shape index (κ2) is 7.01. The topological polar surface area (TPSA) is 35.0 Å². The maximum Gasteiger partial charge on any atom is 0.233 e. The van der Waals surface area contributed by atoms with E-state index in [-0.39, 0.29) is 0 Å². The van der Waals surface area contributed by atoms with Crippen LogP contribution in [0.25, 0.3) is 0 Å². The maximum absolute atomic E-state index is 5.39. The van der Waals surface area contributed by atoms with Gasteiger partial charge in [-0.2, -0.15) is 0 Å². The Kier molecular flexibility index (Phi) is 5.02. The van der Waals surface area contributed by atoms with E-state index in [1.54, 1.807) is 11.8 Å². The Balaban J connectivity index is 1.86. The molecule has 2 rings (SSSR count). The average Bonchev–Trinajstić information content (AvgIpc) is 2.45. The van der Waals surface area contributed by atoms with Gasteiger partial charge < -0.3 is 4.74 Å². The zero-order chi connectivity index (χ0) is 12.6. The van der Waals surface area contributed by atoms with Crippen LogP contribution in [0.4, 0.5) is 0 Å². The van der Waals surface area contributed by atoms with Crippen LogP contribution < -0.4 is 4.74 Å². The van der Waals surface area contributed by atoms with Gasteiger partial charge in [-0.15, -0.1) is 10.2 Å². The van der Waals surface area contributed by atoms with Crippen LogP contribution in [-0.2, 0) is 5.75 Å². The molecule has 1 aromatic heterocycles. The minimum absolute atomic E-state index is 0.598. The summed E-state index contributed by atoms with van der Waals surface area (Å²) < 4.78 is 5.39. The third-order valence-corrected chi connectivity index (χ3v) is 3.29. The van der Waals surface area contributed by atoms with Gasteiger partial charge in [0.2, 0.25) is 5.88 Å². The quantitative estimate of drug-likeness (QED) is 0.744. The molecule has 0 amide bonds. The first-order chi connectivity index (χ1) is 8.88. The Morgan fingerprint density at radius 3 is 2.56 bits per heavy atom. The lowest BCUT2D eigenvalue weighted by molar-refractivity contribution is 0.300. The Morgan fingerprint density at radius 1 is 1.06 bits per heavy atom. The van der Waals surface area contributed by atoms with Crippen LogP contribution in [0.5, 0.6) is 5.88 Å². The smallest absolute Gasteiger partial charge is 0.233 e. The van der Waals surface area contributed by atoms with Crippen molar-refractivity contribution in [3.8, 4) is 5.88 Å². The van der Waals surface area contributed by atoms with Crippen LogP contribution in [0.2, 0.25) is 0 Å². The summed E-state index contributed by atoms with van der Waals surface area (Å²) >= 11 is 1.68. The fraction of sp³-hybridized carbons (Fsp3) is 0.286. The number of hydrogen-bond acceptors (Lipinski definition) is 4. The minimum Gasteiger partial charge on any atom is -0.477 e. The lowest BCUT2D eigenvalue weighted by Gasteiger charge is -2.03. The molecule has 0 radical (unpaired) electrons. The van der Waals surface area contributed by atoms with Gasteiger partial charge in [-0.25, -0.2) is 0 Å². The molecule has 0 saturated heterocycles. The van der Waals surface area contributed by atoms with Crippen LogP contribution >= 0.6 is 11.8 Å². The van der Waals surface area contributed by atoms with E-state index in [0.717, 1.165) is 17.2 Å². The monoisotopic (exact) mass is 260 g/mol. The van der Waals surface area contributed by atoms with Crippen molar-refractivity contribution in [3.63, 3.8) is 0 Å². The van der Waals surface area contributed by atoms with Crippen molar-refractivity contribution >= 4 is 11.8 Å². The molecule has 3 nitrogen and oxygen atoms in total. The van der Waals surface area contributed by atoms with Gasteiger partial charge in [0.15, 0.2) is 0 Å². The van der Waals surface area contributed by atoms with Crippen LogP contribution in [0.3, 0.4) is 0 Å². The SMILES string of the molecule is CCCOc1ccc(SCc2ccccc2)nn1. The van der Waals surface area contributed by atoms with E-state index in [9.17, 15) is 0 Å². The van der Waals surface area contributed by atoms with Gasteiger partial charge in [-0.05, 0) is 18.1 Å². The molecule has 2 aromatic rings.